The summed E-state index contributed by atoms with van der Waals surface area (Å²) in [5, 5.41) is 3.57. The molecule has 0 saturated heterocycles. The summed E-state index contributed by atoms with van der Waals surface area (Å²) in [6.07, 6.45) is 10.5. The van der Waals surface area contributed by atoms with Crippen LogP contribution in [0.2, 0.25) is 0 Å². The van der Waals surface area contributed by atoms with E-state index in [0.717, 1.165) is 50.9 Å². The van der Waals surface area contributed by atoms with Crippen LogP contribution in [-0.4, -0.2) is 31.9 Å². The Morgan fingerprint density at radius 1 is 1.00 bits per heavy atom. The number of sulfone groups is 1. The fraction of sp³-hybridized carbons (Fsp3) is 0.957. The van der Waals surface area contributed by atoms with E-state index in [9.17, 15) is 13.2 Å². The predicted octanol–water partition coefficient (Wildman–Crippen LogP) is 4.48. The van der Waals surface area contributed by atoms with Crippen LogP contribution in [0.25, 0.3) is 0 Å². The molecule has 1 N–H and O–H groups in total. The summed E-state index contributed by atoms with van der Waals surface area (Å²) in [6.45, 7) is 8.82. The number of fused-ring (bicyclic) bond motifs is 5. The van der Waals surface area contributed by atoms with Crippen molar-refractivity contribution in [2.45, 2.75) is 97.9 Å². The molecule has 0 aromatic rings. The van der Waals surface area contributed by atoms with Crippen LogP contribution in [0, 0.1) is 27.6 Å². The number of amides is 1. The summed E-state index contributed by atoms with van der Waals surface area (Å²) >= 11 is 0. The third-order valence-electron chi connectivity index (χ3n) is 9.81. The first-order chi connectivity index (χ1) is 13.0. The quantitative estimate of drug-likeness (QED) is 0.703. The van der Waals surface area contributed by atoms with E-state index in [0.29, 0.717) is 17.7 Å². The van der Waals surface area contributed by atoms with Gasteiger partial charge < -0.3 is 5.32 Å². The Morgan fingerprint density at radius 3 is 2.11 bits per heavy atom. The SMILES string of the molecule is CCS(=O)(=O)CCC12CCC(C(=O)N[C@H]3C(C)(C)[C@H]4CC[C@]3(C)C4)(CC1)CC2. The highest BCUT2D eigenvalue weighted by molar-refractivity contribution is 7.91. The normalized spacial score (nSPS) is 44.0. The molecule has 5 aliphatic rings. The molecule has 0 unspecified atom stereocenters. The molecule has 28 heavy (non-hydrogen) atoms. The summed E-state index contributed by atoms with van der Waals surface area (Å²) in [4.78, 5) is 13.5. The van der Waals surface area contributed by atoms with Gasteiger partial charge in [0.25, 0.3) is 0 Å². The monoisotopic (exact) mass is 409 g/mol. The van der Waals surface area contributed by atoms with Crippen LogP contribution in [0.5, 0.6) is 0 Å². The molecule has 4 bridgehead atoms. The van der Waals surface area contributed by atoms with Crippen molar-refractivity contribution in [1.82, 2.24) is 5.32 Å². The molecule has 5 rings (SSSR count). The number of hydrogen-bond acceptors (Lipinski definition) is 3. The first-order valence-electron chi connectivity index (χ1n) is 11.5. The molecule has 5 saturated carbocycles. The van der Waals surface area contributed by atoms with Crippen LogP contribution in [0.15, 0.2) is 0 Å². The Morgan fingerprint density at radius 2 is 1.61 bits per heavy atom. The van der Waals surface area contributed by atoms with E-state index < -0.39 is 9.84 Å². The standard InChI is InChI=1S/C23H39NO3S/c1-5-28(26,27)15-14-22-8-11-23(12-9-22,13-10-22)19(25)24-18-20(2,3)17-6-7-21(18,4)16-17/h17-18H,5-16H2,1-4H3,(H,24,25)/t17-,18-,21+,22?,23?/m0/s1. The van der Waals surface area contributed by atoms with Gasteiger partial charge >= 0.3 is 0 Å². The first-order valence-corrected chi connectivity index (χ1v) is 13.3. The maximum atomic E-state index is 13.5. The van der Waals surface area contributed by atoms with Crippen molar-refractivity contribution in [2.75, 3.05) is 11.5 Å². The van der Waals surface area contributed by atoms with Gasteiger partial charge in [0.05, 0.1) is 5.75 Å². The molecule has 3 atom stereocenters. The predicted molar refractivity (Wildman–Crippen MR) is 113 cm³/mol. The smallest absolute Gasteiger partial charge is 0.226 e. The van der Waals surface area contributed by atoms with Gasteiger partial charge in [0.15, 0.2) is 0 Å². The zero-order chi connectivity index (χ0) is 20.4. The van der Waals surface area contributed by atoms with Crippen LogP contribution in [-0.2, 0) is 14.6 Å². The fourth-order valence-corrected chi connectivity index (χ4v) is 8.47. The van der Waals surface area contributed by atoms with E-state index in [2.05, 4.69) is 26.1 Å². The van der Waals surface area contributed by atoms with Gasteiger partial charge in [-0.2, -0.15) is 0 Å². The number of carbonyl (C=O) groups excluding carboxylic acids is 1. The largest absolute Gasteiger partial charge is 0.352 e. The zero-order valence-corrected chi connectivity index (χ0v) is 19.1. The van der Waals surface area contributed by atoms with Crippen molar-refractivity contribution >= 4 is 15.7 Å². The van der Waals surface area contributed by atoms with Crippen LogP contribution in [0.4, 0.5) is 0 Å². The summed E-state index contributed by atoms with van der Waals surface area (Å²) in [7, 11) is -2.90. The van der Waals surface area contributed by atoms with Crippen molar-refractivity contribution in [3.8, 4) is 0 Å². The van der Waals surface area contributed by atoms with Gasteiger partial charge in [-0.05, 0) is 86.4 Å². The Bertz CT molecular complexity index is 727. The molecule has 1 amide bonds. The third kappa shape index (κ3) is 3.15. The van der Waals surface area contributed by atoms with E-state index in [-0.39, 0.29) is 27.4 Å². The second-order valence-corrected chi connectivity index (χ2v) is 14.1. The molecule has 5 heteroatoms. The average Bonchev–Trinajstić information content (AvgIpc) is 3.16. The molecule has 160 valence electrons. The van der Waals surface area contributed by atoms with Gasteiger partial charge in [-0.1, -0.05) is 27.7 Å². The van der Waals surface area contributed by atoms with Crippen LogP contribution < -0.4 is 5.32 Å². The topological polar surface area (TPSA) is 63.2 Å². The molecule has 0 radical (unpaired) electrons. The molecule has 0 aromatic carbocycles. The zero-order valence-electron chi connectivity index (χ0n) is 18.3. The molecule has 5 aliphatic carbocycles. The number of nitrogens with one attached hydrogen (secondary N) is 1. The molecule has 0 aromatic heterocycles. The summed E-state index contributed by atoms with van der Waals surface area (Å²) < 4.78 is 23.9. The Kier molecular flexibility index (Phi) is 4.77. The lowest BCUT2D eigenvalue weighted by Gasteiger charge is -2.54. The van der Waals surface area contributed by atoms with Gasteiger partial charge in [-0.3, -0.25) is 4.79 Å². The van der Waals surface area contributed by atoms with E-state index in [4.69, 9.17) is 0 Å². The molecule has 5 fully saturated rings. The van der Waals surface area contributed by atoms with Gasteiger partial charge in [0.1, 0.15) is 9.84 Å². The molecule has 0 heterocycles. The third-order valence-corrected chi connectivity index (χ3v) is 11.5. The van der Waals surface area contributed by atoms with Crippen LogP contribution in [0.3, 0.4) is 0 Å². The summed E-state index contributed by atoms with van der Waals surface area (Å²) in [5.41, 5.74) is 0.435. The van der Waals surface area contributed by atoms with Crippen molar-refractivity contribution in [3.05, 3.63) is 0 Å². The summed E-state index contributed by atoms with van der Waals surface area (Å²) in [6, 6.07) is 0.295. The van der Waals surface area contributed by atoms with E-state index in [1.165, 1.54) is 19.3 Å². The maximum absolute atomic E-state index is 13.5. The first kappa shape index (κ1) is 20.7. The highest BCUT2D eigenvalue weighted by Crippen LogP contribution is 2.63. The number of carbonyl (C=O) groups is 1. The molecule has 4 nitrogen and oxygen atoms in total. The van der Waals surface area contributed by atoms with Gasteiger partial charge in [0, 0.05) is 17.2 Å². The van der Waals surface area contributed by atoms with Gasteiger partial charge in [-0.25, -0.2) is 8.42 Å². The minimum Gasteiger partial charge on any atom is -0.352 e. The highest BCUT2D eigenvalue weighted by Gasteiger charge is 2.61. The van der Waals surface area contributed by atoms with Crippen LogP contribution in [0.1, 0.15) is 91.9 Å². The van der Waals surface area contributed by atoms with Crippen LogP contribution >= 0.6 is 0 Å². The molecular formula is C23H39NO3S. The van der Waals surface area contributed by atoms with Gasteiger partial charge in [-0.15, -0.1) is 0 Å². The van der Waals surface area contributed by atoms with Crippen molar-refractivity contribution in [1.29, 1.82) is 0 Å². The molecular weight excluding hydrogens is 370 g/mol. The summed E-state index contributed by atoms with van der Waals surface area (Å²) in [5.74, 6) is 1.60. The lowest BCUT2D eigenvalue weighted by atomic mass is 9.52. The van der Waals surface area contributed by atoms with E-state index >= 15 is 0 Å². The molecule has 0 spiro atoms. The van der Waals surface area contributed by atoms with Gasteiger partial charge in [0.2, 0.25) is 5.91 Å². The lowest BCUT2D eigenvalue weighted by molar-refractivity contribution is -0.143. The Balaban J connectivity index is 1.41. The second kappa shape index (κ2) is 6.46. The van der Waals surface area contributed by atoms with Crippen molar-refractivity contribution < 1.29 is 13.2 Å². The number of rotatable bonds is 6. The highest BCUT2D eigenvalue weighted by atomic mass is 32.2. The Labute approximate surface area is 171 Å². The second-order valence-electron chi connectivity index (χ2n) is 11.6. The Hall–Kier alpha value is -0.580. The lowest BCUT2D eigenvalue weighted by Crippen LogP contribution is -2.58. The van der Waals surface area contributed by atoms with E-state index in [1.54, 1.807) is 6.92 Å². The number of hydrogen-bond donors (Lipinski definition) is 1. The van der Waals surface area contributed by atoms with Crippen molar-refractivity contribution in [2.24, 2.45) is 27.6 Å². The molecule has 0 aliphatic heterocycles. The average molecular weight is 410 g/mol. The fourth-order valence-electron chi connectivity index (χ4n) is 7.44. The van der Waals surface area contributed by atoms with Crippen molar-refractivity contribution in [3.63, 3.8) is 0 Å². The minimum atomic E-state index is -2.90. The maximum Gasteiger partial charge on any atom is 0.226 e. The van der Waals surface area contributed by atoms with E-state index in [1.807, 2.05) is 0 Å². The minimum absolute atomic E-state index is 0.169.